The van der Waals surface area contributed by atoms with Gasteiger partial charge in [-0.3, -0.25) is 4.79 Å². The number of hydrogen-bond donors (Lipinski definition) is 0. The fourth-order valence-corrected chi connectivity index (χ4v) is 3.05. The highest BCUT2D eigenvalue weighted by Gasteiger charge is 2.13. The van der Waals surface area contributed by atoms with Gasteiger partial charge in [0.15, 0.2) is 5.78 Å². The van der Waals surface area contributed by atoms with E-state index < -0.39 is 0 Å². The summed E-state index contributed by atoms with van der Waals surface area (Å²) in [6.45, 7) is 8.57. The lowest BCUT2D eigenvalue weighted by atomic mass is 9.90. The molecule has 0 bridgehead atoms. The highest BCUT2D eigenvalue weighted by atomic mass is 16.1. The van der Waals surface area contributed by atoms with Crippen molar-refractivity contribution >= 4 is 5.78 Å². The summed E-state index contributed by atoms with van der Waals surface area (Å²) in [5, 5.41) is 0. The van der Waals surface area contributed by atoms with Gasteiger partial charge < -0.3 is 0 Å². The zero-order valence-corrected chi connectivity index (χ0v) is 15.5. The Morgan fingerprint density at radius 1 is 1.09 bits per heavy atom. The molecule has 0 aliphatic rings. The maximum Gasteiger partial charge on any atom is 0.158 e. The van der Waals surface area contributed by atoms with E-state index in [0.29, 0.717) is 18.1 Å². The molecule has 0 radical (unpaired) electrons. The van der Waals surface area contributed by atoms with E-state index in [2.05, 4.69) is 51.1 Å². The number of benzene rings is 1. The highest BCUT2D eigenvalue weighted by Crippen LogP contribution is 2.22. The molecule has 1 heteroatoms. The molecule has 0 aliphatic heterocycles. The van der Waals surface area contributed by atoms with Crippen LogP contribution in [0.3, 0.4) is 0 Å². The van der Waals surface area contributed by atoms with E-state index in [-0.39, 0.29) is 0 Å². The van der Waals surface area contributed by atoms with Crippen LogP contribution in [-0.4, -0.2) is 5.78 Å². The summed E-state index contributed by atoms with van der Waals surface area (Å²) in [6, 6.07) is 8.53. The molecule has 0 atom stereocenters. The largest absolute Gasteiger partial charge is 0.295 e. The number of Topliss-reactive ketones (excluding diaryl/α,β-unsaturated/α-hetero) is 1. The third kappa shape index (κ3) is 7.63. The van der Waals surface area contributed by atoms with Crippen molar-refractivity contribution < 1.29 is 4.79 Å². The van der Waals surface area contributed by atoms with Crippen LogP contribution in [0.5, 0.6) is 0 Å². The number of unbranched alkanes of at least 4 members (excludes halogenated alkanes) is 2. The van der Waals surface area contributed by atoms with Crippen LogP contribution < -0.4 is 0 Å². The average Bonchev–Trinajstić information content (AvgIpc) is 2.55. The molecule has 1 aromatic rings. The Kier molecular flexibility index (Phi) is 9.59. The zero-order chi connectivity index (χ0) is 17.1. The lowest BCUT2D eigenvalue weighted by Gasteiger charge is -2.15. The summed E-state index contributed by atoms with van der Waals surface area (Å²) >= 11 is 0. The van der Waals surface area contributed by atoms with Crippen LogP contribution in [0.4, 0.5) is 0 Å². The van der Waals surface area contributed by atoms with Crippen molar-refractivity contribution in [3.05, 3.63) is 47.0 Å². The molecule has 1 rings (SSSR count). The van der Waals surface area contributed by atoms with E-state index in [9.17, 15) is 4.79 Å². The lowest BCUT2D eigenvalue weighted by molar-refractivity contribution is -0.115. The second-order valence-electron chi connectivity index (χ2n) is 6.68. The van der Waals surface area contributed by atoms with Gasteiger partial charge in [-0.2, -0.15) is 0 Å². The van der Waals surface area contributed by atoms with Crippen LogP contribution >= 0.6 is 0 Å². The quantitative estimate of drug-likeness (QED) is 0.429. The number of carbonyl (C=O) groups excluding carboxylic acids is 1. The highest BCUT2D eigenvalue weighted by molar-refractivity contribution is 5.95. The lowest BCUT2D eigenvalue weighted by Crippen LogP contribution is -2.08. The monoisotopic (exact) mass is 314 g/mol. The smallest absolute Gasteiger partial charge is 0.158 e. The molecule has 1 nitrogen and oxygen atoms in total. The van der Waals surface area contributed by atoms with Gasteiger partial charge in [0.2, 0.25) is 0 Å². The summed E-state index contributed by atoms with van der Waals surface area (Å²) in [5.41, 5.74) is 3.54. The Morgan fingerprint density at radius 3 is 2.26 bits per heavy atom. The van der Waals surface area contributed by atoms with Crippen molar-refractivity contribution in [1.29, 1.82) is 0 Å². The van der Waals surface area contributed by atoms with Gasteiger partial charge >= 0.3 is 0 Å². The summed E-state index contributed by atoms with van der Waals surface area (Å²) in [6.07, 6.45) is 11.1. The van der Waals surface area contributed by atoms with Gasteiger partial charge in [0.1, 0.15) is 0 Å². The van der Waals surface area contributed by atoms with E-state index in [1.165, 1.54) is 49.7 Å². The molecule has 0 heterocycles. The Balaban J connectivity index is 2.93. The van der Waals surface area contributed by atoms with Gasteiger partial charge in [-0.25, -0.2) is 0 Å². The molecule has 128 valence electrons. The first kappa shape index (κ1) is 19.7. The molecule has 0 aliphatic carbocycles. The molecule has 0 amide bonds. The number of ketones is 1. The SMILES string of the molecule is CCCCC(/C=C(\Cc1cccc(C)c1)C(=O)CC)CCCC. The maximum absolute atomic E-state index is 12.4. The van der Waals surface area contributed by atoms with E-state index in [0.717, 1.165) is 12.0 Å². The van der Waals surface area contributed by atoms with Gasteiger partial charge in [0.05, 0.1) is 0 Å². The van der Waals surface area contributed by atoms with Gasteiger partial charge in [-0.1, -0.05) is 82.4 Å². The Bertz CT molecular complexity index is 490. The van der Waals surface area contributed by atoms with Crippen LogP contribution in [0, 0.1) is 12.8 Å². The summed E-state index contributed by atoms with van der Waals surface area (Å²) in [4.78, 5) is 12.4. The third-order valence-electron chi connectivity index (χ3n) is 4.45. The number of hydrogen-bond acceptors (Lipinski definition) is 1. The summed E-state index contributed by atoms with van der Waals surface area (Å²) in [5.74, 6) is 0.870. The minimum Gasteiger partial charge on any atom is -0.295 e. The predicted molar refractivity (Wildman–Crippen MR) is 101 cm³/mol. The molecule has 1 aromatic carbocycles. The van der Waals surface area contributed by atoms with Crippen molar-refractivity contribution in [3.63, 3.8) is 0 Å². The Morgan fingerprint density at radius 2 is 1.74 bits per heavy atom. The van der Waals surface area contributed by atoms with Crippen molar-refractivity contribution in [2.45, 2.75) is 79.1 Å². The fourth-order valence-electron chi connectivity index (χ4n) is 3.05. The molecule has 0 saturated heterocycles. The minimum atomic E-state index is 0.310. The number of carbonyl (C=O) groups is 1. The molecule has 0 unspecified atom stereocenters. The van der Waals surface area contributed by atoms with Crippen LogP contribution in [0.15, 0.2) is 35.9 Å². The van der Waals surface area contributed by atoms with Gasteiger partial charge in [0, 0.05) is 12.8 Å². The van der Waals surface area contributed by atoms with Crippen molar-refractivity contribution in [3.8, 4) is 0 Å². The van der Waals surface area contributed by atoms with Gasteiger partial charge in [-0.05, 0) is 36.8 Å². The molecule has 23 heavy (non-hydrogen) atoms. The first-order valence-electron chi connectivity index (χ1n) is 9.40. The molecule has 0 saturated carbocycles. The number of allylic oxidation sites excluding steroid dienone is 2. The van der Waals surface area contributed by atoms with Gasteiger partial charge in [-0.15, -0.1) is 0 Å². The fraction of sp³-hybridized carbons (Fsp3) is 0.591. The average molecular weight is 315 g/mol. The molecular formula is C22H34O. The summed E-state index contributed by atoms with van der Waals surface area (Å²) < 4.78 is 0. The van der Waals surface area contributed by atoms with E-state index in [1.54, 1.807) is 0 Å². The standard InChI is InChI=1S/C22H34O/c1-5-8-12-19(13-9-6-2)16-21(22(23)7-3)17-20-14-10-11-18(4)15-20/h10-11,14-16,19H,5-9,12-13,17H2,1-4H3/b21-16+. The topological polar surface area (TPSA) is 17.1 Å². The molecule has 0 spiro atoms. The van der Waals surface area contributed by atoms with Gasteiger partial charge in [0.25, 0.3) is 0 Å². The van der Waals surface area contributed by atoms with E-state index >= 15 is 0 Å². The summed E-state index contributed by atoms with van der Waals surface area (Å²) in [7, 11) is 0. The normalized spacial score (nSPS) is 12.0. The van der Waals surface area contributed by atoms with Crippen LogP contribution in [0.25, 0.3) is 0 Å². The zero-order valence-electron chi connectivity index (χ0n) is 15.5. The van der Waals surface area contributed by atoms with E-state index in [1.807, 2.05) is 6.92 Å². The number of aryl methyl sites for hydroxylation is 1. The Hall–Kier alpha value is -1.37. The third-order valence-corrected chi connectivity index (χ3v) is 4.45. The second kappa shape index (κ2) is 11.2. The Labute approximate surface area is 143 Å². The van der Waals surface area contributed by atoms with E-state index in [4.69, 9.17) is 0 Å². The second-order valence-corrected chi connectivity index (χ2v) is 6.68. The molecule has 0 fully saturated rings. The molecule has 0 N–H and O–H groups in total. The van der Waals surface area contributed by atoms with Crippen LogP contribution in [-0.2, 0) is 11.2 Å². The molecular weight excluding hydrogens is 280 g/mol. The predicted octanol–water partition coefficient (Wildman–Crippen LogP) is 6.44. The van der Waals surface area contributed by atoms with Crippen LogP contribution in [0.1, 0.15) is 76.8 Å². The van der Waals surface area contributed by atoms with Crippen molar-refractivity contribution in [1.82, 2.24) is 0 Å². The maximum atomic E-state index is 12.4. The van der Waals surface area contributed by atoms with Crippen molar-refractivity contribution in [2.24, 2.45) is 5.92 Å². The molecule has 0 aromatic heterocycles. The van der Waals surface area contributed by atoms with Crippen LogP contribution in [0.2, 0.25) is 0 Å². The first-order chi connectivity index (χ1) is 11.1. The minimum absolute atomic E-state index is 0.310. The van der Waals surface area contributed by atoms with Crippen molar-refractivity contribution in [2.75, 3.05) is 0 Å². The first-order valence-corrected chi connectivity index (χ1v) is 9.40. The number of rotatable bonds is 11.